The van der Waals surface area contributed by atoms with E-state index in [1.807, 2.05) is 4.90 Å². The average Bonchev–Trinajstić information content (AvgIpc) is 2.35. The van der Waals surface area contributed by atoms with Crippen molar-refractivity contribution < 1.29 is 4.79 Å². The van der Waals surface area contributed by atoms with Gasteiger partial charge in [-0.3, -0.25) is 4.79 Å². The first kappa shape index (κ1) is 14.3. The molecule has 1 heterocycles. The van der Waals surface area contributed by atoms with E-state index in [0.29, 0.717) is 12.2 Å². The van der Waals surface area contributed by atoms with Crippen LogP contribution >= 0.6 is 11.8 Å². The van der Waals surface area contributed by atoms with Gasteiger partial charge in [-0.25, -0.2) is 0 Å². The Hall–Kier alpha value is -0.730. The molecule has 1 fully saturated rings. The maximum Gasteiger partial charge on any atom is 0.232 e. The van der Waals surface area contributed by atoms with Crippen LogP contribution in [0.1, 0.15) is 32.6 Å². The van der Waals surface area contributed by atoms with Crippen molar-refractivity contribution in [3.8, 4) is 6.07 Å². The van der Waals surface area contributed by atoms with Crippen LogP contribution in [0.4, 0.5) is 0 Å². The molecule has 1 rings (SSSR count). The number of thioether (sulfide) groups is 1. The predicted molar refractivity (Wildman–Crippen MR) is 70.6 cm³/mol. The van der Waals surface area contributed by atoms with Gasteiger partial charge >= 0.3 is 0 Å². The maximum absolute atomic E-state index is 11.8. The zero-order chi connectivity index (χ0) is 12.7. The predicted octanol–water partition coefficient (Wildman–Crippen LogP) is 1.36. The Balaban J connectivity index is 2.14. The lowest BCUT2D eigenvalue weighted by Crippen LogP contribution is -2.37. The van der Waals surface area contributed by atoms with E-state index >= 15 is 0 Å². The van der Waals surface area contributed by atoms with Gasteiger partial charge in [-0.2, -0.15) is 17.0 Å². The highest BCUT2D eigenvalue weighted by Crippen LogP contribution is 2.14. The highest BCUT2D eigenvalue weighted by Gasteiger charge is 2.18. The molecule has 1 unspecified atom stereocenters. The number of carbonyl (C=O) groups is 1. The fraction of sp³-hybridized carbons (Fsp3) is 0.833. The smallest absolute Gasteiger partial charge is 0.232 e. The number of hydrogen-bond donors (Lipinski definition) is 1. The van der Waals surface area contributed by atoms with Gasteiger partial charge in [0.05, 0.1) is 11.8 Å². The number of nitriles is 1. The fourth-order valence-corrected chi connectivity index (χ4v) is 2.80. The number of likely N-dealkylation sites (tertiary alicyclic amines) is 1. The Morgan fingerprint density at radius 3 is 2.71 bits per heavy atom. The number of rotatable bonds is 5. The van der Waals surface area contributed by atoms with Crippen LogP contribution < -0.4 is 5.73 Å². The summed E-state index contributed by atoms with van der Waals surface area (Å²) >= 11 is 1.57. The molecule has 0 bridgehead atoms. The van der Waals surface area contributed by atoms with Crippen LogP contribution in [0.15, 0.2) is 0 Å². The van der Waals surface area contributed by atoms with Crippen molar-refractivity contribution in [1.82, 2.24) is 4.90 Å². The summed E-state index contributed by atoms with van der Waals surface area (Å²) in [4.78, 5) is 13.7. The summed E-state index contributed by atoms with van der Waals surface area (Å²) < 4.78 is 0. The first-order chi connectivity index (χ1) is 8.05. The number of piperidine rings is 1. The summed E-state index contributed by atoms with van der Waals surface area (Å²) in [6, 6.07) is 2.06. The lowest BCUT2D eigenvalue weighted by Gasteiger charge is -2.26. The van der Waals surface area contributed by atoms with Gasteiger partial charge in [0.25, 0.3) is 0 Å². The van der Waals surface area contributed by atoms with Gasteiger partial charge in [0, 0.05) is 13.1 Å². The van der Waals surface area contributed by atoms with E-state index in [9.17, 15) is 4.79 Å². The largest absolute Gasteiger partial charge is 0.342 e. The Morgan fingerprint density at radius 2 is 2.12 bits per heavy atom. The Labute approximate surface area is 108 Å². The number of hydrogen-bond acceptors (Lipinski definition) is 4. The number of nitrogens with two attached hydrogens (primary N) is 1. The molecular weight excluding hydrogens is 234 g/mol. The molecular formula is C12H21N3OS. The van der Waals surface area contributed by atoms with Crippen LogP contribution in [0.5, 0.6) is 0 Å². The van der Waals surface area contributed by atoms with Crippen molar-refractivity contribution in [1.29, 1.82) is 5.26 Å². The second kappa shape index (κ2) is 6.87. The molecule has 0 aromatic rings. The van der Waals surface area contributed by atoms with Crippen LogP contribution in [-0.4, -0.2) is 40.9 Å². The molecule has 1 aliphatic heterocycles. The maximum atomic E-state index is 11.8. The fourth-order valence-electron chi connectivity index (χ4n) is 1.73. The van der Waals surface area contributed by atoms with Crippen molar-refractivity contribution in [3.63, 3.8) is 0 Å². The molecule has 0 aromatic heterocycles. The first-order valence-corrected chi connectivity index (χ1v) is 7.26. The summed E-state index contributed by atoms with van der Waals surface area (Å²) in [6.07, 6.45) is 4.13. The minimum absolute atomic E-state index is 0.227. The zero-order valence-electron chi connectivity index (χ0n) is 10.4. The van der Waals surface area contributed by atoms with Gasteiger partial charge < -0.3 is 10.6 Å². The molecule has 5 heteroatoms. The Morgan fingerprint density at radius 1 is 1.47 bits per heavy atom. The standard InChI is InChI=1S/C12H21N3OS/c1-12(14,10-13)5-8-17-9-11(16)15-6-3-2-4-7-15/h2-9,14H2,1H3. The molecule has 2 N–H and O–H groups in total. The molecule has 96 valence electrons. The van der Waals surface area contributed by atoms with Gasteiger partial charge in [0.2, 0.25) is 5.91 Å². The molecule has 1 saturated heterocycles. The van der Waals surface area contributed by atoms with Gasteiger partial charge in [-0.1, -0.05) is 0 Å². The van der Waals surface area contributed by atoms with Gasteiger partial charge in [0.15, 0.2) is 0 Å². The second-order valence-electron chi connectivity index (χ2n) is 4.77. The molecule has 0 radical (unpaired) electrons. The topological polar surface area (TPSA) is 70.1 Å². The zero-order valence-corrected chi connectivity index (χ0v) is 11.3. The molecule has 1 amide bonds. The van der Waals surface area contributed by atoms with Crippen molar-refractivity contribution in [3.05, 3.63) is 0 Å². The lowest BCUT2D eigenvalue weighted by molar-refractivity contribution is -0.129. The minimum Gasteiger partial charge on any atom is -0.342 e. The molecule has 0 aromatic carbocycles. The highest BCUT2D eigenvalue weighted by molar-refractivity contribution is 7.99. The summed E-state index contributed by atoms with van der Waals surface area (Å²) in [6.45, 7) is 3.54. The van der Waals surface area contributed by atoms with E-state index in [0.717, 1.165) is 31.7 Å². The van der Waals surface area contributed by atoms with E-state index in [4.69, 9.17) is 11.0 Å². The third kappa shape index (κ3) is 5.42. The SMILES string of the molecule is CC(N)(C#N)CCSCC(=O)N1CCCCC1. The molecule has 1 atom stereocenters. The molecule has 0 saturated carbocycles. The van der Waals surface area contributed by atoms with E-state index in [2.05, 4.69) is 6.07 Å². The van der Waals surface area contributed by atoms with Gasteiger partial charge in [-0.15, -0.1) is 0 Å². The van der Waals surface area contributed by atoms with Crippen LogP contribution in [0, 0.1) is 11.3 Å². The van der Waals surface area contributed by atoms with Gasteiger partial charge in [-0.05, 0) is 38.4 Å². The molecule has 4 nitrogen and oxygen atoms in total. The van der Waals surface area contributed by atoms with Crippen LogP contribution in [0.25, 0.3) is 0 Å². The van der Waals surface area contributed by atoms with Gasteiger partial charge in [0.1, 0.15) is 5.54 Å². The van der Waals surface area contributed by atoms with Crippen molar-refractivity contribution in [2.75, 3.05) is 24.6 Å². The van der Waals surface area contributed by atoms with Crippen LogP contribution in [0.2, 0.25) is 0 Å². The Bertz CT molecular complexity index is 293. The average molecular weight is 255 g/mol. The monoisotopic (exact) mass is 255 g/mol. The van der Waals surface area contributed by atoms with E-state index in [1.165, 1.54) is 6.42 Å². The number of nitrogens with zero attached hydrogens (tertiary/aromatic N) is 2. The lowest BCUT2D eigenvalue weighted by atomic mass is 10.0. The van der Waals surface area contributed by atoms with E-state index in [1.54, 1.807) is 18.7 Å². The summed E-state index contributed by atoms with van der Waals surface area (Å²) in [5.41, 5.74) is 4.94. The minimum atomic E-state index is -0.763. The summed E-state index contributed by atoms with van der Waals surface area (Å²) in [5, 5.41) is 8.75. The highest BCUT2D eigenvalue weighted by atomic mass is 32.2. The molecule has 1 aliphatic rings. The van der Waals surface area contributed by atoms with E-state index in [-0.39, 0.29) is 5.91 Å². The third-order valence-electron chi connectivity index (χ3n) is 2.96. The molecule has 0 spiro atoms. The quantitative estimate of drug-likeness (QED) is 0.753. The molecule has 17 heavy (non-hydrogen) atoms. The second-order valence-corrected chi connectivity index (χ2v) is 5.88. The van der Waals surface area contributed by atoms with Crippen molar-refractivity contribution in [2.24, 2.45) is 5.73 Å². The number of amides is 1. The Kier molecular flexibility index (Phi) is 5.79. The first-order valence-electron chi connectivity index (χ1n) is 6.11. The van der Waals surface area contributed by atoms with Crippen molar-refractivity contribution in [2.45, 2.75) is 38.1 Å². The third-order valence-corrected chi connectivity index (χ3v) is 3.90. The summed E-state index contributed by atoms with van der Waals surface area (Å²) in [5.74, 6) is 1.51. The van der Waals surface area contributed by atoms with E-state index < -0.39 is 5.54 Å². The summed E-state index contributed by atoms with van der Waals surface area (Å²) in [7, 11) is 0. The van der Waals surface area contributed by atoms with Crippen LogP contribution in [0.3, 0.4) is 0 Å². The molecule has 0 aliphatic carbocycles. The normalized spacial score (nSPS) is 19.5. The van der Waals surface area contributed by atoms with Crippen molar-refractivity contribution >= 4 is 17.7 Å². The van der Waals surface area contributed by atoms with Crippen LogP contribution in [-0.2, 0) is 4.79 Å². The number of carbonyl (C=O) groups excluding carboxylic acids is 1.